The van der Waals surface area contributed by atoms with Crippen LogP contribution in [0.4, 0.5) is 8.78 Å². The lowest BCUT2D eigenvalue weighted by atomic mass is 10.1. The van der Waals surface area contributed by atoms with Crippen molar-refractivity contribution in [1.82, 2.24) is 9.97 Å². The molecule has 0 saturated heterocycles. The van der Waals surface area contributed by atoms with Crippen molar-refractivity contribution in [3.8, 4) is 11.3 Å². The first-order valence-corrected chi connectivity index (χ1v) is 4.40. The molecule has 0 bridgehead atoms. The van der Waals surface area contributed by atoms with Crippen molar-refractivity contribution < 1.29 is 8.78 Å². The lowest BCUT2D eigenvalue weighted by molar-refractivity contribution is 0.509. The van der Waals surface area contributed by atoms with Crippen molar-refractivity contribution in [2.75, 3.05) is 0 Å². The molecule has 3 nitrogen and oxygen atoms in total. The summed E-state index contributed by atoms with van der Waals surface area (Å²) in [4.78, 5) is 6.87. The van der Waals surface area contributed by atoms with Gasteiger partial charge in [0.2, 0.25) is 0 Å². The fourth-order valence-electron chi connectivity index (χ4n) is 1.28. The number of aromatic amines is 1. The molecule has 0 radical (unpaired) electrons. The Kier molecular flexibility index (Phi) is 2.47. The first-order chi connectivity index (χ1) is 7.20. The number of aromatic nitrogens is 2. The van der Waals surface area contributed by atoms with E-state index < -0.39 is 11.6 Å². The Morgan fingerprint density at radius 3 is 2.67 bits per heavy atom. The van der Waals surface area contributed by atoms with E-state index in [4.69, 9.17) is 5.73 Å². The third-order valence-electron chi connectivity index (χ3n) is 2.05. The van der Waals surface area contributed by atoms with Crippen LogP contribution in [0.2, 0.25) is 0 Å². The maximum Gasteiger partial charge on any atom is 0.159 e. The van der Waals surface area contributed by atoms with E-state index >= 15 is 0 Å². The number of nitrogens with two attached hydrogens (primary N) is 1. The van der Waals surface area contributed by atoms with Crippen LogP contribution < -0.4 is 5.73 Å². The van der Waals surface area contributed by atoms with Gasteiger partial charge in [-0.05, 0) is 18.2 Å². The van der Waals surface area contributed by atoms with E-state index in [1.807, 2.05) is 0 Å². The summed E-state index contributed by atoms with van der Waals surface area (Å²) in [5.41, 5.74) is 6.53. The van der Waals surface area contributed by atoms with Crippen LogP contribution in [0.25, 0.3) is 11.3 Å². The summed E-state index contributed by atoms with van der Waals surface area (Å²) in [6.07, 6.45) is 1.54. The molecule has 0 saturated carbocycles. The van der Waals surface area contributed by atoms with Crippen LogP contribution in [0.5, 0.6) is 0 Å². The Morgan fingerprint density at radius 1 is 1.27 bits per heavy atom. The molecule has 0 spiro atoms. The van der Waals surface area contributed by atoms with Gasteiger partial charge in [-0.25, -0.2) is 13.8 Å². The minimum Gasteiger partial charge on any atom is -0.341 e. The van der Waals surface area contributed by atoms with Crippen molar-refractivity contribution in [2.24, 2.45) is 5.73 Å². The molecular weight excluding hydrogens is 200 g/mol. The molecule has 1 heterocycles. The van der Waals surface area contributed by atoms with Gasteiger partial charge in [-0.2, -0.15) is 0 Å². The van der Waals surface area contributed by atoms with E-state index in [0.29, 0.717) is 17.1 Å². The predicted octanol–water partition coefficient (Wildman–Crippen LogP) is 1.81. The van der Waals surface area contributed by atoms with Crippen LogP contribution in [0.15, 0.2) is 24.4 Å². The lowest BCUT2D eigenvalue weighted by Gasteiger charge is -1.98. The van der Waals surface area contributed by atoms with Crippen molar-refractivity contribution >= 4 is 0 Å². The van der Waals surface area contributed by atoms with Gasteiger partial charge in [0.1, 0.15) is 5.82 Å². The van der Waals surface area contributed by atoms with Gasteiger partial charge >= 0.3 is 0 Å². The standard InChI is InChI=1S/C10H9F2N3/c11-7-2-1-6(3-8(7)12)9-5-14-10(4-13)15-9/h1-3,5H,4,13H2,(H,14,15). The molecule has 0 fully saturated rings. The predicted molar refractivity (Wildman–Crippen MR) is 51.8 cm³/mol. The van der Waals surface area contributed by atoms with E-state index in [2.05, 4.69) is 9.97 Å². The second-order valence-corrected chi connectivity index (χ2v) is 3.08. The number of rotatable bonds is 2. The molecule has 0 aliphatic heterocycles. The highest BCUT2D eigenvalue weighted by Crippen LogP contribution is 2.19. The Bertz CT molecular complexity index is 479. The molecule has 3 N–H and O–H groups in total. The van der Waals surface area contributed by atoms with E-state index in [0.717, 1.165) is 12.1 Å². The van der Waals surface area contributed by atoms with E-state index in [9.17, 15) is 8.78 Å². The normalized spacial score (nSPS) is 10.6. The van der Waals surface area contributed by atoms with E-state index in [-0.39, 0.29) is 6.54 Å². The zero-order valence-corrected chi connectivity index (χ0v) is 7.80. The lowest BCUT2D eigenvalue weighted by Crippen LogP contribution is -1.97. The van der Waals surface area contributed by atoms with Gasteiger partial charge < -0.3 is 10.7 Å². The highest BCUT2D eigenvalue weighted by molar-refractivity contribution is 5.58. The second kappa shape index (κ2) is 3.78. The minimum atomic E-state index is -0.878. The second-order valence-electron chi connectivity index (χ2n) is 3.08. The van der Waals surface area contributed by atoms with Crippen LogP contribution in [0.1, 0.15) is 5.82 Å². The number of hydrogen-bond donors (Lipinski definition) is 2. The highest BCUT2D eigenvalue weighted by Gasteiger charge is 2.06. The zero-order chi connectivity index (χ0) is 10.8. The summed E-state index contributed by atoms with van der Waals surface area (Å²) >= 11 is 0. The molecule has 78 valence electrons. The molecule has 2 rings (SSSR count). The molecule has 2 aromatic rings. The van der Waals surface area contributed by atoms with Crippen LogP contribution in [0, 0.1) is 11.6 Å². The number of nitrogens with one attached hydrogen (secondary N) is 1. The van der Waals surface area contributed by atoms with E-state index in [1.165, 1.54) is 12.3 Å². The van der Waals surface area contributed by atoms with Gasteiger partial charge in [0.05, 0.1) is 18.4 Å². The van der Waals surface area contributed by atoms with E-state index in [1.54, 1.807) is 0 Å². The Hall–Kier alpha value is -1.75. The molecular formula is C10H9F2N3. The third kappa shape index (κ3) is 1.87. The molecule has 0 atom stereocenters. The molecule has 1 aromatic carbocycles. The van der Waals surface area contributed by atoms with Crippen molar-refractivity contribution in [1.29, 1.82) is 0 Å². The summed E-state index contributed by atoms with van der Waals surface area (Å²) in [5.74, 6) is -1.14. The molecule has 0 aliphatic rings. The van der Waals surface area contributed by atoms with Crippen molar-refractivity contribution in [3.63, 3.8) is 0 Å². The summed E-state index contributed by atoms with van der Waals surface area (Å²) < 4.78 is 25.6. The summed E-state index contributed by atoms with van der Waals surface area (Å²) in [6.45, 7) is 0.281. The molecule has 5 heteroatoms. The number of benzene rings is 1. The van der Waals surface area contributed by atoms with Crippen molar-refractivity contribution in [2.45, 2.75) is 6.54 Å². The van der Waals surface area contributed by atoms with Gasteiger partial charge in [-0.15, -0.1) is 0 Å². The summed E-state index contributed by atoms with van der Waals surface area (Å²) in [6, 6.07) is 3.67. The van der Waals surface area contributed by atoms with Crippen LogP contribution in [-0.4, -0.2) is 9.97 Å². The first-order valence-electron chi connectivity index (χ1n) is 4.40. The number of nitrogens with zero attached hydrogens (tertiary/aromatic N) is 1. The topological polar surface area (TPSA) is 54.7 Å². The van der Waals surface area contributed by atoms with Crippen LogP contribution >= 0.6 is 0 Å². The number of halogens is 2. The van der Waals surface area contributed by atoms with Gasteiger partial charge in [0.15, 0.2) is 11.6 Å². The zero-order valence-electron chi connectivity index (χ0n) is 7.80. The van der Waals surface area contributed by atoms with Gasteiger partial charge in [-0.1, -0.05) is 0 Å². The minimum absolute atomic E-state index is 0.281. The Labute approximate surface area is 85.0 Å². The summed E-state index contributed by atoms with van der Waals surface area (Å²) in [7, 11) is 0. The fraction of sp³-hybridized carbons (Fsp3) is 0.100. The molecule has 1 aromatic heterocycles. The average molecular weight is 209 g/mol. The largest absolute Gasteiger partial charge is 0.341 e. The maximum atomic E-state index is 12.9. The average Bonchev–Trinajstić information content (AvgIpc) is 2.70. The Balaban J connectivity index is 2.40. The maximum absolute atomic E-state index is 12.9. The molecule has 0 amide bonds. The SMILES string of the molecule is NCc1ncc(-c2ccc(F)c(F)c2)[nH]1. The smallest absolute Gasteiger partial charge is 0.159 e. The molecule has 15 heavy (non-hydrogen) atoms. The van der Waals surface area contributed by atoms with Crippen molar-refractivity contribution in [3.05, 3.63) is 41.9 Å². The highest BCUT2D eigenvalue weighted by atomic mass is 19.2. The number of imidazole rings is 1. The number of H-pyrrole nitrogens is 1. The first kappa shape index (κ1) is 9.79. The monoisotopic (exact) mass is 209 g/mol. The molecule has 0 aliphatic carbocycles. The van der Waals surface area contributed by atoms with Gasteiger partial charge in [0.25, 0.3) is 0 Å². The fourth-order valence-corrected chi connectivity index (χ4v) is 1.28. The van der Waals surface area contributed by atoms with Gasteiger partial charge in [0, 0.05) is 5.56 Å². The van der Waals surface area contributed by atoms with Crippen LogP contribution in [-0.2, 0) is 6.54 Å². The third-order valence-corrected chi connectivity index (χ3v) is 2.05. The van der Waals surface area contributed by atoms with Crippen LogP contribution in [0.3, 0.4) is 0 Å². The Morgan fingerprint density at radius 2 is 2.07 bits per heavy atom. The molecule has 0 unspecified atom stereocenters. The summed E-state index contributed by atoms with van der Waals surface area (Å²) in [5, 5.41) is 0. The quantitative estimate of drug-likeness (QED) is 0.792. The van der Waals surface area contributed by atoms with Gasteiger partial charge in [-0.3, -0.25) is 0 Å². The number of hydrogen-bond acceptors (Lipinski definition) is 2.